The van der Waals surface area contributed by atoms with Crippen molar-refractivity contribution in [2.24, 2.45) is 0 Å². The second-order valence-corrected chi connectivity index (χ2v) is 6.66. The van der Waals surface area contributed by atoms with Gasteiger partial charge in [-0.25, -0.2) is 9.78 Å². The number of ether oxygens (including phenoxy) is 1. The van der Waals surface area contributed by atoms with Gasteiger partial charge in [-0.3, -0.25) is 9.53 Å². The van der Waals surface area contributed by atoms with Crippen LogP contribution in [-0.4, -0.2) is 31.3 Å². The molecule has 2 N–H and O–H groups in total. The van der Waals surface area contributed by atoms with Gasteiger partial charge in [-0.15, -0.1) is 0 Å². The van der Waals surface area contributed by atoms with Gasteiger partial charge in [-0.05, 0) is 36.4 Å². The molecule has 0 aliphatic heterocycles. The highest BCUT2D eigenvalue weighted by molar-refractivity contribution is 7.99. The minimum absolute atomic E-state index is 0.398. The molecule has 8 nitrogen and oxygen atoms in total. The third-order valence-corrected chi connectivity index (χ3v) is 4.52. The van der Waals surface area contributed by atoms with Crippen LogP contribution >= 0.6 is 11.8 Å². The fraction of sp³-hybridized carbons (Fsp3) is 0.0667. The Hall–Kier alpha value is -2.56. The topological polar surface area (TPSA) is 108 Å². The van der Waals surface area contributed by atoms with Crippen molar-refractivity contribution in [1.82, 2.24) is 9.38 Å². The summed E-state index contributed by atoms with van der Waals surface area (Å²) in [6.07, 6.45) is 2.99. The number of imidazole rings is 1. The Balaban J connectivity index is 1.75. The molecule has 0 bridgehead atoms. The van der Waals surface area contributed by atoms with Crippen LogP contribution < -0.4 is 10.0 Å². The number of rotatable bonds is 5. The van der Waals surface area contributed by atoms with E-state index in [1.54, 1.807) is 22.7 Å². The van der Waals surface area contributed by atoms with Crippen LogP contribution in [0.15, 0.2) is 58.6 Å². The molecule has 3 rings (SSSR count). The first-order chi connectivity index (χ1) is 12.0. The number of methoxy groups -OCH3 is 1. The lowest BCUT2D eigenvalue weighted by Gasteiger charge is -2.09. The normalized spacial score (nSPS) is 11.9. The Morgan fingerprint density at radius 3 is 2.60 bits per heavy atom. The number of pyridine rings is 1. The van der Waals surface area contributed by atoms with Gasteiger partial charge in [0, 0.05) is 32.9 Å². The Labute approximate surface area is 150 Å². The fourth-order valence-corrected chi connectivity index (χ4v) is 3.25. The molecule has 1 amide bonds. The number of benzene rings is 1. The van der Waals surface area contributed by atoms with Crippen molar-refractivity contribution >= 4 is 46.3 Å². The van der Waals surface area contributed by atoms with Gasteiger partial charge in [-0.2, -0.15) is 0 Å². The number of hydrogen-bond donors (Lipinski definition) is 2. The molecule has 2 heterocycles. The number of nitrogens with zero attached hydrogens (tertiary/aromatic N) is 2. The maximum atomic E-state index is 11.2. The largest absolute Gasteiger partial charge is 0.755 e. The lowest BCUT2D eigenvalue weighted by atomic mass is 10.3. The molecule has 25 heavy (non-hydrogen) atoms. The number of amides is 1. The van der Waals surface area contributed by atoms with Crippen LogP contribution in [-0.2, 0) is 16.0 Å². The summed E-state index contributed by atoms with van der Waals surface area (Å²) in [6.45, 7) is 0. The summed E-state index contributed by atoms with van der Waals surface area (Å²) in [5.41, 5.74) is 1.19. The van der Waals surface area contributed by atoms with E-state index in [0.717, 1.165) is 9.79 Å². The van der Waals surface area contributed by atoms with Gasteiger partial charge >= 0.3 is 6.09 Å². The highest BCUT2D eigenvalue weighted by Gasteiger charge is 2.07. The van der Waals surface area contributed by atoms with Crippen LogP contribution in [0, 0.1) is 0 Å². The number of nitrogens with one attached hydrogen (secondary N) is 2. The third kappa shape index (κ3) is 4.50. The summed E-state index contributed by atoms with van der Waals surface area (Å²) in [5, 5.41) is 2.51. The predicted octanol–water partition coefficient (Wildman–Crippen LogP) is 2.87. The zero-order valence-corrected chi connectivity index (χ0v) is 14.6. The summed E-state index contributed by atoms with van der Waals surface area (Å²) in [7, 11) is 1.29. The quantitative estimate of drug-likeness (QED) is 0.662. The average molecular weight is 377 g/mol. The van der Waals surface area contributed by atoms with Crippen molar-refractivity contribution in [2.75, 3.05) is 17.1 Å². The standard InChI is InChI=1S/C15H14N4O4S2/c1-23-15(20)17-13-9-19-8-12(6-7-14(19)16-13)24-11-4-2-10(3-5-11)18-25(21)22/h2-9,18H,1H3,(H,17,20)(H,21,22)/p-1. The molecule has 1 aromatic carbocycles. The van der Waals surface area contributed by atoms with Crippen molar-refractivity contribution in [2.45, 2.75) is 9.79 Å². The van der Waals surface area contributed by atoms with Gasteiger partial charge in [0.2, 0.25) is 0 Å². The van der Waals surface area contributed by atoms with E-state index in [-0.39, 0.29) is 0 Å². The first kappa shape index (κ1) is 17.3. The van der Waals surface area contributed by atoms with E-state index in [0.29, 0.717) is 17.2 Å². The molecule has 0 fully saturated rings. The van der Waals surface area contributed by atoms with Gasteiger partial charge in [0.1, 0.15) is 5.65 Å². The highest BCUT2D eigenvalue weighted by Crippen LogP contribution is 2.29. The van der Waals surface area contributed by atoms with Crippen molar-refractivity contribution in [3.63, 3.8) is 0 Å². The molecule has 0 radical (unpaired) electrons. The second kappa shape index (κ2) is 7.55. The summed E-state index contributed by atoms with van der Waals surface area (Å²) in [6, 6.07) is 10.8. The lowest BCUT2D eigenvalue weighted by molar-refractivity contribution is 0.187. The molecule has 0 saturated heterocycles. The van der Waals surface area contributed by atoms with Crippen molar-refractivity contribution in [3.05, 3.63) is 48.8 Å². The minimum atomic E-state index is -2.34. The van der Waals surface area contributed by atoms with Crippen molar-refractivity contribution in [1.29, 1.82) is 0 Å². The molecule has 0 aliphatic rings. The number of aromatic nitrogens is 2. The Morgan fingerprint density at radius 1 is 1.20 bits per heavy atom. The predicted molar refractivity (Wildman–Crippen MR) is 94.3 cm³/mol. The number of anilines is 2. The molecule has 10 heteroatoms. The van der Waals surface area contributed by atoms with Gasteiger partial charge in [0.15, 0.2) is 5.82 Å². The molecular weight excluding hydrogens is 364 g/mol. The van der Waals surface area contributed by atoms with Gasteiger partial charge < -0.3 is 18.4 Å². The Morgan fingerprint density at radius 2 is 1.92 bits per heavy atom. The highest BCUT2D eigenvalue weighted by atomic mass is 32.2. The summed E-state index contributed by atoms with van der Waals surface area (Å²) < 4.78 is 29.8. The molecule has 0 spiro atoms. The molecule has 0 saturated carbocycles. The smallest absolute Gasteiger partial charge is 0.412 e. The molecule has 2 aromatic heterocycles. The molecule has 3 aromatic rings. The van der Waals surface area contributed by atoms with E-state index < -0.39 is 17.4 Å². The van der Waals surface area contributed by atoms with E-state index in [1.807, 2.05) is 30.5 Å². The fourth-order valence-electron chi connectivity index (χ4n) is 2.07. The average Bonchev–Trinajstić information content (AvgIpc) is 2.97. The summed E-state index contributed by atoms with van der Waals surface area (Å²) in [5.74, 6) is 0.398. The molecule has 1 atom stereocenters. The van der Waals surface area contributed by atoms with Crippen LogP contribution in [0.3, 0.4) is 0 Å². The number of carbonyl (C=O) groups is 1. The summed E-state index contributed by atoms with van der Waals surface area (Å²) in [4.78, 5) is 17.4. The maximum absolute atomic E-state index is 11.2. The third-order valence-electron chi connectivity index (χ3n) is 3.13. The molecule has 0 aliphatic carbocycles. The first-order valence-electron chi connectivity index (χ1n) is 7.01. The van der Waals surface area contributed by atoms with Gasteiger partial charge in [-0.1, -0.05) is 11.8 Å². The Kier molecular flexibility index (Phi) is 5.22. The van der Waals surface area contributed by atoms with Crippen LogP contribution in [0.1, 0.15) is 0 Å². The van der Waals surface area contributed by atoms with E-state index in [4.69, 9.17) is 0 Å². The lowest BCUT2D eigenvalue weighted by Crippen LogP contribution is -2.10. The zero-order valence-electron chi connectivity index (χ0n) is 13.0. The van der Waals surface area contributed by atoms with Crippen LogP contribution in [0.4, 0.5) is 16.3 Å². The van der Waals surface area contributed by atoms with Crippen molar-refractivity contribution < 1.29 is 18.3 Å². The van der Waals surface area contributed by atoms with E-state index in [2.05, 4.69) is 19.8 Å². The van der Waals surface area contributed by atoms with Crippen LogP contribution in [0.5, 0.6) is 0 Å². The number of carbonyl (C=O) groups excluding carboxylic acids is 1. The molecule has 130 valence electrons. The maximum Gasteiger partial charge on any atom is 0.412 e. The van der Waals surface area contributed by atoms with Crippen LogP contribution in [0.25, 0.3) is 5.65 Å². The Bertz CT molecular complexity index is 927. The molecule has 1 unspecified atom stereocenters. The molecular formula is C15H13N4O4S2-. The van der Waals surface area contributed by atoms with E-state index >= 15 is 0 Å². The van der Waals surface area contributed by atoms with E-state index in [1.165, 1.54) is 18.9 Å². The zero-order chi connectivity index (χ0) is 17.8. The van der Waals surface area contributed by atoms with Crippen LogP contribution in [0.2, 0.25) is 0 Å². The van der Waals surface area contributed by atoms with Gasteiger partial charge in [0.05, 0.1) is 13.3 Å². The van der Waals surface area contributed by atoms with Gasteiger partial charge in [0.25, 0.3) is 0 Å². The van der Waals surface area contributed by atoms with Crippen molar-refractivity contribution in [3.8, 4) is 0 Å². The van der Waals surface area contributed by atoms with E-state index in [9.17, 15) is 13.6 Å². The number of hydrogen-bond acceptors (Lipinski definition) is 6. The summed E-state index contributed by atoms with van der Waals surface area (Å²) >= 11 is -0.820. The first-order valence-corrected chi connectivity index (χ1v) is 8.90. The SMILES string of the molecule is COC(=O)Nc1cn2cc(Sc3ccc(NS(=O)[O-])cc3)ccc2n1. The second-order valence-electron chi connectivity index (χ2n) is 4.84. The number of fused-ring (bicyclic) bond motifs is 1. The minimum Gasteiger partial charge on any atom is -0.755 e. The monoisotopic (exact) mass is 377 g/mol.